The summed E-state index contributed by atoms with van der Waals surface area (Å²) in [5, 5.41) is 12.6. The van der Waals surface area contributed by atoms with Gasteiger partial charge in [0, 0.05) is 12.7 Å². The first kappa shape index (κ1) is 15.1. The highest BCUT2D eigenvalue weighted by molar-refractivity contribution is 9.10. The fourth-order valence-electron chi connectivity index (χ4n) is 1.81. The normalized spacial score (nSPS) is 12.5. The van der Waals surface area contributed by atoms with Crippen molar-refractivity contribution in [3.8, 4) is 0 Å². The SMILES string of the molecule is CCC(CC)C(O)CNC(=O)c1ccc(Br)nc1. The van der Waals surface area contributed by atoms with Gasteiger partial charge in [-0.1, -0.05) is 26.7 Å². The van der Waals surface area contributed by atoms with Crippen molar-refractivity contribution in [3.05, 3.63) is 28.5 Å². The van der Waals surface area contributed by atoms with Crippen LogP contribution in [-0.2, 0) is 0 Å². The minimum atomic E-state index is -0.493. The predicted molar refractivity (Wildman–Crippen MR) is 74.3 cm³/mol. The van der Waals surface area contributed by atoms with E-state index in [4.69, 9.17) is 0 Å². The van der Waals surface area contributed by atoms with Gasteiger partial charge in [-0.15, -0.1) is 0 Å². The standard InChI is InChI=1S/C13H19BrN2O2/c1-3-9(4-2)11(17)8-16-13(18)10-5-6-12(14)15-7-10/h5-7,9,11,17H,3-4,8H2,1-2H3,(H,16,18). The van der Waals surface area contributed by atoms with E-state index in [0.717, 1.165) is 12.8 Å². The van der Waals surface area contributed by atoms with Crippen LogP contribution in [0.15, 0.2) is 22.9 Å². The number of aliphatic hydroxyl groups excluding tert-OH is 1. The number of nitrogens with zero attached hydrogens (tertiary/aromatic N) is 1. The maximum Gasteiger partial charge on any atom is 0.252 e. The Morgan fingerprint density at radius 1 is 1.44 bits per heavy atom. The summed E-state index contributed by atoms with van der Waals surface area (Å²) in [6, 6.07) is 3.40. The zero-order valence-corrected chi connectivity index (χ0v) is 12.3. The molecular weight excluding hydrogens is 296 g/mol. The number of hydrogen-bond donors (Lipinski definition) is 2. The van der Waals surface area contributed by atoms with Crippen molar-refractivity contribution in [2.75, 3.05) is 6.54 Å². The number of aliphatic hydroxyl groups is 1. The largest absolute Gasteiger partial charge is 0.391 e. The lowest BCUT2D eigenvalue weighted by Crippen LogP contribution is -2.36. The highest BCUT2D eigenvalue weighted by Crippen LogP contribution is 2.12. The Morgan fingerprint density at radius 3 is 2.61 bits per heavy atom. The van der Waals surface area contributed by atoms with Crippen molar-refractivity contribution in [3.63, 3.8) is 0 Å². The second kappa shape index (κ2) is 7.48. The zero-order valence-electron chi connectivity index (χ0n) is 10.7. The Morgan fingerprint density at radius 2 is 2.11 bits per heavy atom. The summed E-state index contributed by atoms with van der Waals surface area (Å²) in [5.74, 6) is 0.0216. The molecule has 0 saturated carbocycles. The molecule has 0 saturated heterocycles. The van der Waals surface area contributed by atoms with Gasteiger partial charge in [0.15, 0.2) is 0 Å². The average Bonchev–Trinajstić information content (AvgIpc) is 2.38. The molecule has 1 atom stereocenters. The summed E-state index contributed by atoms with van der Waals surface area (Å²) in [6.07, 6.45) is 2.83. The van der Waals surface area contributed by atoms with Gasteiger partial charge in [-0.2, -0.15) is 0 Å². The first-order chi connectivity index (χ1) is 8.58. The van der Waals surface area contributed by atoms with E-state index in [1.165, 1.54) is 6.20 Å². The minimum Gasteiger partial charge on any atom is -0.391 e. The second-order valence-electron chi connectivity index (χ2n) is 4.22. The van der Waals surface area contributed by atoms with E-state index < -0.39 is 6.10 Å². The van der Waals surface area contributed by atoms with Crippen molar-refractivity contribution in [1.29, 1.82) is 0 Å². The molecule has 18 heavy (non-hydrogen) atoms. The molecule has 0 aliphatic rings. The molecule has 1 heterocycles. The van der Waals surface area contributed by atoms with Crippen LogP contribution in [0.3, 0.4) is 0 Å². The Kier molecular flexibility index (Phi) is 6.29. The van der Waals surface area contributed by atoms with Gasteiger partial charge in [0.25, 0.3) is 5.91 Å². The third kappa shape index (κ3) is 4.38. The smallest absolute Gasteiger partial charge is 0.252 e. The van der Waals surface area contributed by atoms with Crippen molar-refractivity contribution < 1.29 is 9.90 Å². The van der Waals surface area contributed by atoms with E-state index in [1.54, 1.807) is 12.1 Å². The Balaban J connectivity index is 2.48. The van der Waals surface area contributed by atoms with Crippen molar-refractivity contribution in [2.45, 2.75) is 32.8 Å². The minimum absolute atomic E-state index is 0.208. The number of carbonyl (C=O) groups is 1. The molecule has 5 heteroatoms. The highest BCUT2D eigenvalue weighted by Gasteiger charge is 2.16. The summed E-state index contributed by atoms with van der Waals surface area (Å²) in [7, 11) is 0. The van der Waals surface area contributed by atoms with Crippen molar-refractivity contribution in [2.24, 2.45) is 5.92 Å². The molecule has 0 aliphatic carbocycles. The number of amides is 1. The number of halogens is 1. The van der Waals surface area contributed by atoms with Crippen LogP contribution in [0.1, 0.15) is 37.0 Å². The van der Waals surface area contributed by atoms with Gasteiger partial charge < -0.3 is 10.4 Å². The highest BCUT2D eigenvalue weighted by atomic mass is 79.9. The van der Waals surface area contributed by atoms with E-state index in [0.29, 0.717) is 10.2 Å². The van der Waals surface area contributed by atoms with Gasteiger partial charge in [0.2, 0.25) is 0 Å². The molecule has 2 N–H and O–H groups in total. The maximum absolute atomic E-state index is 11.8. The molecule has 0 aromatic carbocycles. The first-order valence-electron chi connectivity index (χ1n) is 6.16. The Hall–Kier alpha value is -0.940. The number of hydrogen-bond acceptors (Lipinski definition) is 3. The number of nitrogens with one attached hydrogen (secondary N) is 1. The number of carbonyl (C=O) groups excluding carboxylic acids is 1. The average molecular weight is 315 g/mol. The van der Waals surface area contributed by atoms with Crippen LogP contribution in [0.2, 0.25) is 0 Å². The van der Waals surface area contributed by atoms with Crippen LogP contribution in [0.5, 0.6) is 0 Å². The molecular formula is C13H19BrN2O2. The molecule has 100 valence electrons. The third-order valence-corrected chi connectivity index (χ3v) is 3.52. The Bertz CT molecular complexity index is 377. The summed E-state index contributed by atoms with van der Waals surface area (Å²) in [5.41, 5.74) is 0.495. The van der Waals surface area contributed by atoms with Crippen LogP contribution in [-0.4, -0.2) is 28.6 Å². The molecule has 1 amide bonds. The molecule has 0 bridgehead atoms. The van der Waals surface area contributed by atoms with Crippen molar-refractivity contribution in [1.82, 2.24) is 10.3 Å². The van der Waals surface area contributed by atoms with Crippen LogP contribution < -0.4 is 5.32 Å². The fraction of sp³-hybridized carbons (Fsp3) is 0.538. The molecule has 4 nitrogen and oxygen atoms in total. The molecule has 1 aromatic heterocycles. The van der Waals surface area contributed by atoms with Crippen molar-refractivity contribution >= 4 is 21.8 Å². The third-order valence-electron chi connectivity index (χ3n) is 3.05. The predicted octanol–water partition coefficient (Wildman–Crippen LogP) is 2.37. The molecule has 0 spiro atoms. The van der Waals surface area contributed by atoms with Gasteiger partial charge in [-0.25, -0.2) is 4.98 Å². The van der Waals surface area contributed by atoms with Gasteiger partial charge in [0.1, 0.15) is 4.60 Å². The molecule has 0 fully saturated rings. The first-order valence-corrected chi connectivity index (χ1v) is 6.95. The van der Waals surface area contributed by atoms with Crippen LogP contribution in [0.25, 0.3) is 0 Å². The van der Waals surface area contributed by atoms with E-state index in [-0.39, 0.29) is 18.4 Å². The lowest BCUT2D eigenvalue weighted by Gasteiger charge is -2.20. The topological polar surface area (TPSA) is 62.2 Å². The number of rotatable bonds is 6. The fourth-order valence-corrected chi connectivity index (χ4v) is 2.04. The zero-order chi connectivity index (χ0) is 13.5. The van der Waals surface area contributed by atoms with E-state index in [1.807, 2.05) is 13.8 Å². The summed E-state index contributed by atoms with van der Waals surface area (Å²) < 4.78 is 0.691. The second-order valence-corrected chi connectivity index (χ2v) is 5.04. The van der Waals surface area contributed by atoms with Gasteiger partial charge in [-0.05, 0) is 34.0 Å². The van der Waals surface area contributed by atoms with E-state index >= 15 is 0 Å². The summed E-state index contributed by atoms with van der Waals surface area (Å²) in [6.45, 7) is 4.36. The van der Waals surface area contributed by atoms with Gasteiger partial charge in [-0.3, -0.25) is 4.79 Å². The van der Waals surface area contributed by atoms with E-state index in [2.05, 4.69) is 26.2 Å². The van der Waals surface area contributed by atoms with Gasteiger partial charge in [0.05, 0.1) is 11.7 Å². The molecule has 1 unspecified atom stereocenters. The maximum atomic E-state index is 11.8. The molecule has 1 aromatic rings. The monoisotopic (exact) mass is 314 g/mol. The van der Waals surface area contributed by atoms with Crippen LogP contribution in [0.4, 0.5) is 0 Å². The summed E-state index contributed by atoms with van der Waals surface area (Å²) in [4.78, 5) is 15.8. The number of aromatic nitrogens is 1. The quantitative estimate of drug-likeness (QED) is 0.792. The van der Waals surface area contributed by atoms with Gasteiger partial charge >= 0.3 is 0 Å². The number of pyridine rings is 1. The van der Waals surface area contributed by atoms with E-state index in [9.17, 15) is 9.90 Å². The van der Waals surface area contributed by atoms with Crippen LogP contribution >= 0.6 is 15.9 Å². The molecule has 0 aliphatic heterocycles. The summed E-state index contributed by atoms with van der Waals surface area (Å²) >= 11 is 3.21. The Labute approximate surface area is 116 Å². The van der Waals surface area contributed by atoms with Crippen LogP contribution in [0, 0.1) is 5.92 Å². The molecule has 1 rings (SSSR count). The molecule has 0 radical (unpaired) electrons. The lowest BCUT2D eigenvalue weighted by molar-refractivity contribution is 0.0816. The lowest BCUT2D eigenvalue weighted by atomic mass is 9.96.